The topological polar surface area (TPSA) is 63.1 Å². The summed E-state index contributed by atoms with van der Waals surface area (Å²) in [4.78, 5) is 14.6. The second-order valence-corrected chi connectivity index (χ2v) is 8.69. The summed E-state index contributed by atoms with van der Waals surface area (Å²) in [6, 6.07) is 3.96. The van der Waals surface area contributed by atoms with Gasteiger partial charge in [0.2, 0.25) is 5.91 Å². The molecule has 1 aromatic heterocycles. The molecule has 0 spiro atoms. The number of thioether (sulfide) groups is 1. The molecule has 1 saturated heterocycles. The van der Waals surface area contributed by atoms with Gasteiger partial charge >= 0.3 is 6.18 Å². The van der Waals surface area contributed by atoms with E-state index in [0.29, 0.717) is 16.9 Å². The molecule has 2 heterocycles. The van der Waals surface area contributed by atoms with Crippen molar-refractivity contribution in [2.75, 3.05) is 29.1 Å². The SMILES string of the molecule is Cc1nnc(SCC(=O)Nc2cc(C(F)(F)F)ccc2N2CCCCC2)n1C1CC1. The summed E-state index contributed by atoms with van der Waals surface area (Å²) in [7, 11) is 0. The van der Waals surface area contributed by atoms with Crippen molar-refractivity contribution in [2.24, 2.45) is 0 Å². The Morgan fingerprint density at radius 3 is 2.60 bits per heavy atom. The number of benzene rings is 1. The van der Waals surface area contributed by atoms with Crippen LogP contribution in [0.2, 0.25) is 0 Å². The van der Waals surface area contributed by atoms with Crippen LogP contribution in [0.15, 0.2) is 23.4 Å². The molecule has 1 N–H and O–H groups in total. The summed E-state index contributed by atoms with van der Waals surface area (Å²) in [5.74, 6) is 0.506. The Kier molecular flexibility index (Phi) is 5.95. The summed E-state index contributed by atoms with van der Waals surface area (Å²) >= 11 is 1.26. The number of hydrogen-bond donors (Lipinski definition) is 1. The standard InChI is InChI=1S/C20H24F3N5OS/c1-13-25-26-19(28(13)15-6-7-15)30-12-18(29)24-16-11-14(20(21,22)23)5-8-17(16)27-9-3-2-4-10-27/h5,8,11,15H,2-4,6-7,9-10,12H2,1H3,(H,24,29). The maximum atomic E-state index is 13.2. The average Bonchev–Trinajstić information content (AvgIpc) is 3.48. The molecule has 1 saturated carbocycles. The number of piperidine rings is 1. The fourth-order valence-corrected chi connectivity index (χ4v) is 4.59. The number of alkyl halides is 3. The summed E-state index contributed by atoms with van der Waals surface area (Å²) in [5.41, 5.74) is 0.0746. The Morgan fingerprint density at radius 2 is 1.93 bits per heavy atom. The highest BCUT2D eigenvalue weighted by molar-refractivity contribution is 7.99. The number of carbonyl (C=O) groups excluding carboxylic acids is 1. The smallest absolute Gasteiger partial charge is 0.370 e. The number of aromatic nitrogens is 3. The molecule has 1 aliphatic heterocycles. The average molecular weight is 440 g/mol. The molecule has 1 aromatic carbocycles. The Balaban J connectivity index is 1.49. The van der Waals surface area contributed by atoms with Crippen LogP contribution in [0.3, 0.4) is 0 Å². The van der Waals surface area contributed by atoms with Crippen molar-refractivity contribution in [1.29, 1.82) is 0 Å². The Bertz CT molecular complexity index is 920. The van der Waals surface area contributed by atoms with E-state index in [4.69, 9.17) is 0 Å². The van der Waals surface area contributed by atoms with Gasteiger partial charge in [-0.15, -0.1) is 10.2 Å². The van der Waals surface area contributed by atoms with Gasteiger partial charge in [0, 0.05) is 19.1 Å². The van der Waals surface area contributed by atoms with Gasteiger partial charge in [0.25, 0.3) is 0 Å². The van der Waals surface area contributed by atoms with E-state index >= 15 is 0 Å². The van der Waals surface area contributed by atoms with Crippen molar-refractivity contribution in [2.45, 2.75) is 56.4 Å². The molecule has 0 bridgehead atoms. The lowest BCUT2D eigenvalue weighted by molar-refractivity contribution is -0.137. The lowest BCUT2D eigenvalue weighted by Gasteiger charge is -2.31. The van der Waals surface area contributed by atoms with E-state index in [1.807, 2.05) is 16.4 Å². The van der Waals surface area contributed by atoms with Gasteiger partial charge in [-0.1, -0.05) is 11.8 Å². The van der Waals surface area contributed by atoms with Gasteiger partial charge in [-0.3, -0.25) is 4.79 Å². The van der Waals surface area contributed by atoms with Crippen molar-refractivity contribution in [1.82, 2.24) is 14.8 Å². The summed E-state index contributed by atoms with van der Waals surface area (Å²) in [6.45, 7) is 3.42. The Labute approximate surface area is 177 Å². The second kappa shape index (κ2) is 8.49. The highest BCUT2D eigenvalue weighted by Crippen LogP contribution is 2.39. The number of aryl methyl sites for hydroxylation is 1. The monoisotopic (exact) mass is 439 g/mol. The molecular formula is C20H24F3N5OS. The van der Waals surface area contributed by atoms with Crippen LogP contribution < -0.4 is 10.2 Å². The van der Waals surface area contributed by atoms with Crippen molar-refractivity contribution in [3.05, 3.63) is 29.6 Å². The van der Waals surface area contributed by atoms with Crippen LogP contribution in [0.4, 0.5) is 24.5 Å². The fourth-order valence-electron chi connectivity index (χ4n) is 3.74. The molecule has 0 radical (unpaired) electrons. The van der Waals surface area contributed by atoms with Gasteiger partial charge in [-0.2, -0.15) is 13.2 Å². The largest absolute Gasteiger partial charge is 0.416 e. The molecular weight excluding hydrogens is 415 g/mol. The van der Waals surface area contributed by atoms with Crippen LogP contribution >= 0.6 is 11.8 Å². The van der Waals surface area contributed by atoms with Crippen LogP contribution in [0.25, 0.3) is 0 Å². The third-order valence-corrected chi connectivity index (χ3v) is 6.32. The number of halogens is 3. The van der Waals surface area contributed by atoms with E-state index in [-0.39, 0.29) is 17.3 Å². The molecule has 2 fully saturated rings. The number of anilines is 2. The van der Waals surface area contributed by atoms with E-state index in [1.54, 1.807) is 0 Å². The first kappa shape index (κ1) is 21.0. The Hall–Kier alpha value is -2.23. The minimum Gasteiger partial charge on any atom is -0.370 e. The van der Waals surface area contributed by atoms with Gasteiger partial charge in [0.1, 0.15) is 5.82 Å². The van der Waals surface area contributed by atoms with Crippen LogP contribution in [0.1, 0.15) is 49.5 Å². The number of amides is 1. The molecule has 4 rings (SSSR count). The first-order valence-corrected chi connectivity index (χ1v) is 11.1. The van der Waals surface area contributed by atoms with E-state index in [2.05, 4.69) is 15.5 Å². The van der Waals surface area contributed by atoms with Crippen molar-refractivity contribution < 1.29 is 18.0 Å². The van der Waals surface area contributed by atoms with Crippen molar-refractivity contribution >= 4 is 29.0 Å². The zero-order valence-corrected chi connectivity index (χ0v) is 17.5. The lowest BCUT2D eigenvalue weighted by atomic mass is 10.1. The van der Waals surface area contributed by atoms with Crippen molar-refractivity contribution in [3.63, 3.8) is 0 Å². The molecule has 2 aliphatic rings. The first-order chi connectivity index (χ1) is 14.3. The van der Waals surface area contributed by atoms with Gasteiger partial charge in [-0.05, 0) is 57.2 Å². The highest BCUT2D eigenvalue weighted by atomic mass is 32.2. The number of carbonyl (C=O) groups is 1. The predicted octanol–water partition coefficient (Wildman–Crippen LogP) is 4.66. The predicted molar refractivity (Wildman–Crippen MR) is 110 cm³/mol. The van der Waals surface area contributed by atoms with E-state index in [0.717, 1.165) is 63.2 Å². The minimum absolute atomic E-state index is 0.0561. The molecule has 162 valence electrons. The van der Waals surface area contributed by atoms with Crippen molar-refractivity contribution in [3.8, 4) is 0 Å². The third-order valence-electron chi connectivity index (χ3n) is 5.37. The minimum atomic E-state index is -4.47. The molecule has 2 aromatic rings. The van der Waals surface area contributed by atoms with Crippen LogP contribution in [0, 0.1) is 6.92 Å². The zero-order valence-electron chi connectivity index (χ0n) is 16.7. The number of nitrogens with zero attached hydrogens (tertiary/aromatic N) is 4. The van der Waals surface area contributed by atoms with Gasteiger partial charge in [-0.25, -0.2) is 0 Å². The molecule has 30 heavy (non-hydrogen) atoms. The highest BCUT2D eigenvalue weighted by Gasteiger charge is 2.32. The van der Waals surface area contributed by atoms with E-state index < -0.39 is 11.7 Å². The molecule has 6 nitrogen and oxygen atoms in total. The molecule has 0 unspecified atom stereocenters. The second-order valence-electron chi connectivity index (χ2n) is 7.75. The maximum Gasteiger partial charge on any atom is 0.416 e. The fraction of sp³-hybridized carbons (Fsp3) is 0.550. The Morgan fingerprint density at radius 1 is 1.20 bits per heavy atom. The van der Waals surface area contributed by atoms with Gasteiger partial charge < -0.3 is 14.8 Å². The quantitative estimate of drug-likeness (QED) is 0.664. The van der Waals surface area contributed by atoms with Gasteiger partial charge in [0.15, 0.2) is 5.16 Å². The molecule has 0 atom stereocenters. The lowest BCUT2D eigenvalue weighted by Crippen LogP contribution is -2.30. The summed E-state index contributed by atoms with van der Waals surface area (Å²) in [6.07, 6.45) is 0.758. The van der Waals surface area contributed by atoms with E-state index in [9.17, 15) is 18.0 Å². The molecule has 10 heteroatoms. The van der Waals surface area contributed by atoms with Gasteiger partial charge in [0.05, 0.1) is 22.7 Å². The summed E-state index contributed by atoms with van der Waals surface area (Å²) in [5, 5.41) is 11.6. The number of rotatable bonds is 6. The van der Waals surface area contributed by atoms with Crippen LogP contribution in [-0.4, -0.2) is 39.5 Å². The zero-order chi connectivity index (χ0) is 21.3. The first-order valence-electron chi connectivity index (χ1n) is 10.1. The molecule has 1 amide bonds. The molecule has 1 aliphatic carbocycles. The van der Waals surface area contributed by atoms with E-state index in [1.165, 1.54) is 17.8 Å². The van der Waals surface area contributed by atoms with Crippen LogP contribution in [0.5, 0.6) is 0 Å². The summed E-state index contributed by atoms with van der Waals surface area (Å²) < 4.78 is 41.7. The number of hydrogen-bond acceptors (Lipinski definition) is 5. The maximum absolute atomic E-state index is 13.2. The number of nitrogens with one attached hydrogen (secondary N) is 1. The van der Waals surface area contributed by atoms with Crippen LogP contribution in [-0.2, 0) is 11.0 Å². The third kappa shape index (κ3) is 4.74. The normalized spacial score (nSPS) is 17.3.